The van der Waals surface area contributed by atoms with E-state index in [2.05, 4.69) is 51.4 Å². The van der Waals surface area contributed by atoms with Crippen LogP contribution in [0.3, 0.4) is 0 Å². The van der Waals surface area contributed by atoms with Crippen LogP contribution in [0.2, 0.25) is 0 Å². The van der Waals surface area contributed by atoms with Crippen LogP contribution in [0.5, 0.6) is 0 Å². The van der Waals surface area contributed by atoms with Crippen LogP contribution in [0.4, 0.5) is 0 Å². The molecule has 1 aromatic carbocycles. The number of hydrogen-bond acceptors (Lipinski definition) is 2. The highest BCUT2D eigenvalue weighted by molar-refractivity contribution is 6.64. The summed E-state index contributed by atoms with van der Waals surface area (Å²) in [6.07, 6.45) is 0. The summed E-state index contributed by atoms with van der Waals surface area (Å²) < 4.78 is 0. The van der Waals surface area contributed by atoms with Crippen molar-refractivity contribution in [3.63, 3.8) is 0 Å². The van der Waals surface area contributed by atoms with E-state index in [9.17, 15) is 5.26 Å². The third kappa shape index (κ3) is 2.48. The molecule has 0 aliphatic carbocycles. The highest BCUT2D eigenvalue weighted by Gasteiger charge is 2.15. The third-order valence-electron chi connectivity index (χ3n) is 4.78. The Labute approximate surface area is 133 Å². The van der Waals surface area contributed by atoms with Crippen LogP contribution in [0, 0.1) is 11.3 Å². The largest absolute Gasteiger partial charge is 0.263 e. The zero-order valence-corrected chi connectivity index (χ0v) is 14.0. The molecule has 0 aliphatic rings. The quantitative estimate of drug-likeness (QED) is 0.479. The molecule has 0 bridgehead atoms. The summed E-state index contributed by atoms with van der Waals surface area (Å²) in [6.45, 7) is 0. The standard InChI is InChI=1S/C12H15B7N2/c13-5-1-3(6(14)9(17)8(5)16)11-10(18)7(15)4(2-20)12(19)21-11/h1H,13-19H2. The molecular weight excluding hydrogens is 248 g/mol. The van der Waals surface area contributed by atoms with E-state index in [0.29, 0.717) is 5.56 Å². The van der Waals surface area contributed by atoms with E-state index in [4.69, 9.17) is 4.98 Å². The van der Waals surface area contributed by atoms with Crippen LogP contribution in [-0.4, -0.2) is 59.9 Å². The third-order valence-corrected chi connectivity index (χ3v) is 4.78. The van der Waals surface area contributed by atoms with E-state index in [1.54, 1.807) is 0 Å². The predicted octanol–water partition coefficient (Wildman–Crippen LogP) is -9.57. The lowest BCUT2D eigenvalue weighted by Crippen LogP contribution is -2.49. The average molecular weight is 263 g/mol. The van der Waals surface area contributed by atoms with Gasteiger partial charge in [0.15, 0.2) is 7.85 Å². The van der Waals surface area contributed by atoms with Crippen LogP contribution in [0.1, 0.15) is 5.56 Å². The Bertz CT molecular complexity index is 796. The van der Waals surface area contributed by atoms with Gasteiger partial charge in [0.2, 0.25) is 0 Å². The highest BCUT2D eigenvalue weighted by atomic mass is 14.7. The molecule has 0 spiro atoms. The summed E-state index contributed by atoms with van der Waals surface area (Å²) in [6, 6.07) is 4.49. The van der Waals surface area contributed by atoms with Gasteiger partial charge in [0.1, 0.15) is 47.1 Å². The number of aromatic nitrogens is 1. The molecule has 0 amide bonds. The second-order valence-corrected chi connectivity index (χ2v) is 5.90. The van der Waals surface area contributed by atoms with Gasteiger partial charge < -0.3 is 0 Å². The molecule has 0 radical (unpaired) electrons. The summed E-state index contributed by atoms with van der Waals surface area (Å²) >= 11 is 0. The van der Waals surface area contributed by atoms with Gasteiger partial charge in [-0.1, -0.05) is 27.9 Å². The first-order chi connectivity index (χ1) is 9.79. The zero-order valence-electron chi connectivity index (χ0n) is 14.0. The fourth-order valence-electron chi connectivity index (χ4n) is 2.83. The van der Waals surface area contributed by atoms with Crippen LogP contribution >= 0.6 is 0 Å². The van der Waals surface area contributed by atoms with Crippen molar-refractivity contribution in [1.82, 2.24) is 4.98 Å². The van der Waals surface area contributed by atoms with Gasteiger partial charge in [-0.2, -0.15) is 5.26 Å². The van der Waals surface area contributed by atoms with Crippen molar-refractivity contribution >= 4 is 93.3 Å². The van der Waals surface area contributed by atoms with Crippen molar-refractivity contribution in [2.75, 3.05) is 0 Å². The number of nitriles is 1. The molecule has 0 aliphatic heterocycles. The van der Waals surface area contributed by atoms with E-state index in [-0.39, 0.29) is 0 Å². The molecule has 0 atom stereocenters. The molecule has 0 N–H and O–H groups in total. The van der Waals surface area contributed by atoms with Gasteiger partial charge in [0.25, 0.3) is 0 Å². The van der Waals surface area contributed by atoms with E-state index >= 15 is 0 Å². The van der Waals surface area contributed by atoms with Crippen molar-refractivity contribution in [3.8, 4) is 17.3 Å². The molecule has 0 unspecified atom stereocenters. The van der Waals surface area contributed by atoms with Gasteiger partial charge in [0.05, 0.1) is 17.3 Å². The molecular formula is C12H15B7N2. The Balaban J connectivity index is 2.84. The lowest BCUT2D eigenvalue weighted by atomic mass is 9.64. The van der Waals surface area contributed by atoms with Crippen molar-refractivity contribution in [3.05, 3.63) is 11.6 Å². The minimum absolute atomic E-state index is 0.703. The van der Waals surface area contributed by atoms with E-state index in [1.165, 1.54) is 27.4 Å². The minimum atomic E-state index is 0.703. The number of hydrogen-bond donors (Lipinski definition) is 0. The van der Waals surface area contributed by atoms with Crippen LogP contribution in [0.15, 0.2) is 6.07 Å². The lowest BCUT2D eigenvalue weighted by Gasteiger charge is -2.19. The molecule has 2 rings (SSSR count). The van der Waals surface area contributed by atoms with Gasteiger partial charge in [-0.15, -0.1) is 10.9 Å². The molecule has 94 valence electrons. The topological polar surface area (TPSA) is 36.7 Å². The fraction of sp³-hybridized carbons (Fsp3) is 0. The Morgan fingerprint density at radius 3 is 2.00 bits per heavy atom. The molecule has 2 nitrogen and oxygen atoms in total. The highest BCUT2D eigenvalue weighted by Crippen LogP contribution is 2.07. The minimum Gasteiger partial charge on any atom is -0.263 e. The molecule has 0 saturated heterocycles. The van der Waals surface area contributed by atoms with Gasteiger partial charge >= 0.3 is 0 Å². The van der Waals surface area contributed by atoms with Crippen LogP contribution < -0.4 is 38.4 Å². The van der Waals surface area contributed by atoms with Crippen molar-refractivity contribution in [1.29, 1.82) is 5.26 Å². The Morgan fingerprint density at radius 1 is 0.810 bits per heavy atom. The molecule has 1 heterocycles. The molecule has 1 aromatic heterocycles. The summed E-state index contributed by atoms with van der Waals surface area (Å²) in [5, 5.41) is 9.27. The molecule has 0 saturated carbocycles. The maximum atomic E-state index is 9.27. The second-order valence-electron chi connectivity index (χ2n) is 5.90. The fourth-order valence-corrected chi connectivity index (χ4v) is 2.83. The SMILES string of the molecule is Bc1cc(-c2nc(B)c(C#N)c(B)c2B)c(B)c(B)c1B. The normalized spacial score (nSPS) is 10.2. The van der Waals surface area contributed by atoms with Gasteiger partial charge in [0, 0.05) is 5.59 Å². The van der Waals surface area contributed by atoms with Crippen LogP contribution in [-0.2, 0) is 0 Å². The maximum Gasteiger partial charge on any atom is 0.165 e. The van der Waals surface area contributed by atoms with Gasteiger partial charge in [-0.3, -0.25) is 4.98 Å². The summed E-state index contributed by atoms with van der Waals surface area (Å²) in [7, 11) is 14.6. The Kier molecular flexibility index (Phi) is 4.19. The van der Waals surface area contributed by atoms with E-state index in [0.717, 1.165) is 22.2 Å². The van der Waals surface area contributed by atoms with Gasteiger partial charge in [-0.05, 0) is 5.56 Å². The first kappa shape index (κ1) is 15.7. The lowest BCUT2D eigenvalue weighted by molar-refractivity contribution is 1.39. The van der Waals surface area contributed by atoms with Gasteiger partial charge in [-0.25, -0.2) is 0 Å². The molecule has 9 heteroatoms. The van der Waals surface area contributed by atoms with Crippen LogP contribution in [0.25, 0.3) is 11.3 Å². The summed E-state index contributed by atoms with van der Waals surface area (Å²) in [4.78, 5) is 4.72. The number of nitrogens with zero attached hydrogens (tertiary/aromatic N) is 2. The number of rotatable bonds is 1. The summed E-state index contributed by atoms with van der Waals surface area (Å²) in [5.74, 6) is 0. The molecule has 21 heavy (non-hydrogen) atoms. The monoisotopic (exact) mass is 264 g/mol. The molecule has 2 aromatic rings. The summed E-state index contributed by atoms with van der Waals surface area (Å²) in [5.41, 5.74) is 11.1. The number of benzene rings is 1. The van der Waals surface area contributed by atoms with Crippen molar-refractivity contribution < 1.29 is 0 Å². The Morgan fingerprint density at radius 2 is 1.43 bits per heavy atom. The first-order valence-corrected chi connectivity index (χ1v) is 7.25. The van der Waals surface area contributed by atoms with E-state index in [1.807, 2.05) is 15.7 Å². The maximum absolute atomic E-state index is 9.27. The first-order valence-electron chi connectivity index (χ1n) is 7.25. The average Bonchev–Trinajstić information content (AvgIpc) is 2.45. The molecule has 0 fully saturated rings. The van der Waals surface area contributed by atoms with E-state index < -0.39 is 0 Å². The smallest absolute Gasteiger partial charge is 0.165 e. The zero-order chi connectivity index (χ0) is 15.9. The number of pyridine rings is 1. The predicted molar refractivity (Wildman–Crippen MR) is 112 cm³/mol. The van der Waals surface area contributed by atoms with Crippen molar-refractivity contribution in [2.45, 2.75) is 0 Å². The van der Waals surface area contributed by atoms with Crippen molar-refractivity contribution in [2.24, 2.45) is 0 Å². The second kappa shape index (κ2) is 5.60. The Hall–Kier alpha value is -1.69.